The number of anilines is 1. The Bertz CT molecular complexity index is 767. The molecule has 0 saturated carbocycles. The Morgan fingerprint density at radius 3 is 2.65 bits per heavy atom. The number of nitrogens with zero attached hydrogens (tertiary/aromatic N) is 4. The van der Waals surface area contributed by atoms with E-state index in [-0.39, 0.29) is 17.4 Å². The third-order valence-electron chi connectivity index (χ3n) is 5.78. The van der Waals surface area contributed by atoms with Crippen LogP contribution in [0, 0.1) is 12.3 Å². The van der Waals surface area contributed by atoms with Gasteiger partial charge in [0.25, 0.3) is 0 Å². The first-order valence-corrected chi connectivity index (χ1v) is 9.15. The first-order chi connectivity index (χ1) is 12.6. The van der Waals surface area contributed by atoms with Gasteiger partial charge in [-0.25, -0.2) is 4.79 Å². The molecule has 3 heterocycles. The van der Waals surface area contributed by atoms with Crippen molar-refractivity contribution in [3.05, 3.63) is 42.0 Å². The minimum absolute atomic E-state index is 0.0134. The monoisotopic (exact) mass is 355 g/mol. The number of likely N-dealkylation sites (tertiary alicyclic amines) is 2. The summed E-state index contributed by atoms with van der Waals surface area (Å²) in [6.07, 6.45) is 2.06. The van der Waals surface area contributed by atoms with E-state index >= 15 is 0 Å². The Morgan fingerprint density at radius 2 is 2.00 bits per heavy atom. The molecule has 2 aliphatic rings. The van der Waals surface area contributed by atoms with Gasteiger partial charge in [-0.05, 0) is 52.0 Å². The van der Waals surface area contributed by atoms with Crippen molar-refractivity contribution in [2.75, 3.05) is 38.5 Å². The van der Waals surface area contributed by atoms with Gasteiger partial charge in [0.15, 0.2) is 5.82 Å². The molecule has 2 fully saturated rings. The summed E-state index contributed by atoms with van der Waals surface area (Å²) in [5, 5.41) is 6.98. The lowest BCUT2D eigenvalue weighted by Crippen LogP contribution is -2.43. The fraction of sp³-hybridized carbons (Fsp3) is 0.526. The zero-order valence-corrected chi connectivity index (χ0v) is 15.3. The number of piperidine rings is 1. The van der Waals surface area contributed by atoms with Gasteiger partial charge in [-0.2, -0.15) is 4.98 Å². The minimum Gasteiger partial charge on any atom is -0.339 e. The van der Waals surface area contributed by atoms with Gasteiger partial charge in [0.2, 0.25) is 5.89 Å². The molecule has 0 bridgehead atoms. The molecule has 1 aromatic heterocycles. The van der Waals surface area contributed by atoms with Crippen molar-refractivity contribution in [3.63, 3.8) is 0 Å². The number of amides is 2. The van der Waals surface area contributed by atoms with E-state index < -0.39 is 0 Å². The Kier molecular flexibility index (Phi) is 4.40. The van der Waals surface area contributed by atoms with Crippen LogP contribution in [-0.4, -0.2) is 59.2 Å². The van der Waals surface area contributed by atoms with Gasteiger partial charge in [0.1, 0.15) is 0 Å². The molecule has 0 radical (unpaired) electrons. The molecule has 2 aromatic rings. The predicted octanol–water partition coefficient (Wildman–Crippen LogP) is 2.72. The van der Waals surface area contributed by atoms with E-state index in [9.17, 15) is 4.79 Å². The van der Waals surface area contributed by atoms with Crippen molar-refractivity contribution in [2.45, 2.75) is 25.7 Å². The summed E-state index contributed by atoms with van der Waals surface area (Å²) >= 11 is 0. The number of hydrogen-bond donors (Lipinski definition) is 1. The van der Waals surface area contributed by atoms with Crippen LogP contribution in [0.1, 0.15) is 30.5 Å². The van der Waals surface area contributed by atoms with Crippen LogP contribution >= 0.6 is 0 Å². The lowest BCUT2D eigenvalue weighted by Gasteiger charge is -2.40. The van der Waals surface area contributed by atoms with Crippen LogP contribution in [0.4, 0.5) is 10.5 Å². The van der Waals surface area contributed by atoms with Crippen LogP contribution in [0.15, 0.2) is 34.9 Å². The molecular formula is C19H25N5O2. The smallest absolute Gasteiger partial charge is 0.321 e. The molecule has 0 unspecified atom stereocenters. The molecule has 0 aliphatic carbocycles. The quantitative estimate of drug-likeness (QED) is 0.896. The van der Waals surface area contributed by atoms with Gasteiger partial charge in [-0.15, -0.1) is 0 Å². The summed E-state index contributed by atoms with van der Waals surface area (Å²) < 4.78 is 5.52. The number of carbonyl (C=O) groups is 1. The third kappa shape index (κ3) is 3.19. The summed E-state index contributed by atoms with van der Waals surface area (Å²) in [6, 6.07) is 9.52. The minimum atomic E-state index is -0.0618. The van der Waals surface area contributed by atoms with Gasteiger partial charge >= 0.3 is 6.03 Å². The van der Waals surface area contributed by atoms with Gasteiger partial charge in [-0.3, -0.25) is 0 Å². The Labute approximate surface area is 153 Å². The van der Waals surface area contributed by atoms with E-state index in [0.717, 1.165) is 38.2 Å². The second-order valence-electron chi connectivity index (χ2n) is 7.57. The third-order valence-corrected chi connectivity index (χ3v) is 5.78. The van der Waals surface area contributed by atoms with Crippen molar-refractivity contribution < 1.29 is 9.32 Å². The van der Waals surface area contributed by atoms with Crippen LogP contribution in [0.2, 0.25) is 0 Å². The summed E-state index contributed by atoms with van der Waals surface area (Å²) in [5.41, 5.74) is 0.825. The second-order valence-corrected chi connectivity index (χ2v) is 7.57. The number of carbonyl (C=O) groups excluding carboxylic acids is 1. The number of nitrogens with one attached hydrogen (secondary N) is 1. The number of aromatic nitrogens is 2. The van der Waals surface area contributed by atoms with E-state index in [1.807, 2.05) is 42.2 Å². The number of urea groups is 1. The molecule has 1 aromatic carbocycles. The molecule has 7 heteroatoms. The molecule has 1 N–H and O–H groups in total. The molecule has 1 spiro atoms. The van der Waals surface area contributed by atoms with Gasteiger partial charge < -0.3 is 19.6 Å². The van der Waals surface area contributed by atoms with Crippen LogP contribution in [0.3, 0.4) is 0 Å². The van der Waals surface area contributed by atoms with E-state index in [0.29, 0.717) is 18.3 Å². The van der Waals surface area contributed by atoms with E-state index in [2.05, 4.69) is 27.4 Å². The van der Waals surface area contributed by atoms with Gasteiger partial charge in [-0.1, -0.05) is 23.4 Å². The number of benzene rings is 1. The van der Waals surface area contributed by atoms with E-state index in [1.165, 1.54) is 0 Å². The number of hydrogen-bond acceptors (Lipinski definition) is 5. The van der Waals surface area contributed by atoms with E-state index in [1.54, 1.807) is 0 Å². The first-order valence-electron chi connectivity index (χ1n) is 9.15. The van der Waals surface area contributed by atoms with Crippen LogP contribution in [0.25, 0.3) is 0 Å². The van der Waals surface area contributed by atoms with Crippen molar-refractivity contribution in [1.29, 1.82) is 0 Å². The van der Waals surface area contributed by atoms with Gasteiger partial charge in [0, 0.05) is 24.2 Å². The van der Waals surface area contributed by atoms with Crippen LogP contribution in [-0.2, 0) is 0 Å². The van der Waals surface area contributed by atoms with Crippen molar-refractivity contribution in [1.82, 2.24) is 19.9 Å². The van der Waals surface area contributed by atoms with Crippen molar-refractivity contribution in [3.8, 4) is 0 Å². The second kappa shape index (κ2) is 6.72. The largest absolute Gasteiger partial charge is 0.339 e. The lowest BCUT2D eigenvalue weighted by atomic mass is 9.71. The van der Waals surface area contributed by atoms with Gasteiger partial charge in [0.05, 0.1) is 5.92 Å². The molecule has 26 heavy (non-hydrogen) atoms. The summed E-state index contributed by atoms with van der Waals surface area (Å²) in [7, 11) is 2.15. The Balaban J connectivity index is 1.56. The molecule has 2 amide bonds. The average Bonchev–Trinajstić information content (AvgIpc) is 3.23. The van der Waals surface area contributed by atoms with Crippen LogP contribution < -0.4 is 5.32 Å². The SMILES string of the molecule is Cc1noc([C@H]2CN(C(=O)Nc3ccccc3)CC23CCN(C)CC3)n1. The fourth-order valence-electron chi connectivity index (χ4n) is 4.21. The average molecular weight is 355 g/mol. The number of para-hydroxylation sites is 1. The normalized spacial score (nSPS) is 22.7. The van der Waals surface area contributed by atoms with Crippen molar-refractivity contribution in [2.24, 2.45) is 5.41 Å². The first kappa shape index (κ1) is 17.0. The highest BCUT2D eigenvalue weighted by Crippen LogP contribution is 2.49. The molecule has 2 aliphatic heterocycles. The topological polar surface area (TPSA) is 74.5 Å². The van der Waals surface area contributed by atoms with Crippen LogP contribution in [0.5, 0.6) is 0 Å². The predicted molar refractivity (Wildman–Crippen MR) is 98.0 cm³/mol. The molecule has 138 valence electrons. The fourth-order valence-corrected chi connectivity index (χ4v) is 4.21. The van der Waals surface area contributed by atoms with E-state index in [4.69, 9.17) is 4.52 Å². The lowest BCUT2D eigenvalue weighted by molar-refractivity contribution is 0.106. The highest BCUT2D eigenvalue weighted by atomic mass is 16.5. The zero-order chi connectivity index (χ0) is 18.1. The molecule has 4 rings (SSSR count). The Morgan fingerprint density at radius 1 is 1.27 bits per heavy atom. The standard InChI is InChI=1S/C19H25N5O2/c1-14-20-17(26-22-14)16-12-24(13-19(16)8-10-23(2)11-9-19)18(25)21-15-6-4-3-5-7-15/h3-7,16H,8-13H2,1-2H3,(H,21,25)/t16-/m1/s1. The maximum absolute atomic E-state index is 12.8. The van der Waals surface area contributed by atoms with Crippen molar-refractivity contribution >= 4 is 11.7 Å². The summed E-state index contributed by atoms with van der Waals surface area (Å²) in [4.78, 5) is 21.6. The maximum Gasteiger partial charge on any atom is 0.321 e. The number of rotatable bonds is 2. The highest BCUT2D eigenvalue weighted by Gasteiger charge is 2.51. The summed E-state index contributed by atoms with van der Waals surface area (Å²) in [6.45, 7) is 5.23. The molecule has 7 nitrogen and oxygen atoms in total. The molecule has 2 saturated heterocycles. The molecule has 1 atom stereocenters. The Hall–Kier alpha value is -2.41. The maximum atomic E-state index is 12.8. The summed E-state index contributed by atoms with van der Waals surface area (Å²) in [5.74, 6) is 1.41. The zero-order valence-electron chi connectivity index (χ0n) is 15.3. The molecular weight excluding hydrogens is 330 g/mol. The number of aryl methyl sites for hydroxylation is 1. The highest BCUT2D eigenvalue weighted by molar-refractivity contribution is 5.89.